The van der Waals surface area contributed by atoms with Crippen LogP contribution in [0.5, 0.6) is 0 Å². The molecule has 0 atom stereocenters. The van der Waals surface area contributed by atoms with E-state index in [4.69, 9.17) is 34.8 Å². The van der Waals surface area contributed by atoms with Crippen molar-refractivity contribution in [1.29, 1.82) is 0 Å². The summed E-state index contributed by atoms with van der Waals surface area (Å²) in [6, 6.07) is 11.0. The largest absolute Gasteiger partial charge is 0.371 e. The lowest BCUT2D eigenvalue weighted by atomic mass is 10.2. The molecule has 0 unspecified atom stereocenters. The van der Waals surface area contributed by atoms with E-state index in [2.05, 4.69) is 22.3 Å². The summed E-state index contributed by atoms with van der Waals surface area (Å²) in [6.07, 6.45) is 2.77. The average Bonchev–Trinajstić information content (AvgIpc) is 3.09. The smallest absolute Gasteiger partial charge is 0.240 e. The Morgan fingerprint density at radius 3 is 2.57 bits per heavy atom. The number of carbonyl (C=O) groups excluding carboxylic acids is 1. The summed E-state index contributed by atoms with van der Waals surface area (Å²) in [7, 11) is -3.76. The number of benzene rings is 2. The van der Waals surface area contributed by atoms with Crippen LogP contribution in [0.3, 0.4) is 0 Å². The molecule has 1 aliphatic rings. The molecule has 2 aromatic rings. The summed E-state index contributed by atoms with van der Waals surface area (Å²) < 4.78 is 25.4. The SMILES string of the molecule is CS(=O)(=O)N(CC(=O)NCCCN1CCc2ccccc21)c1cc(Cl)c(Cl)cc1Cl. The lowest BCUT2D eigenvalue weighted by Crippen LogP contribution is -2.41. The van der Waals surface area contributed by atoms with Crippen molar-refractivity contribution in [3.05, 3.63) is 57.0 Å². The van der Waals surface area contributed by atoms with Crippen molar-refractivity contribution < 1.29 is 13.2 Å². The van der Waals surface area contributed by atoms with Crippen molar-refractivity contribution >= 4 is 62.1 Å². The van der Waals surface area contributed by atoms with Crippen molar-refractivity contribution in [3.63, 3.8) is 0 Å². The summed E-state index contributed by atoms with van der Waals surface area (Å²) in [4.78, 5) is 14.7. The first-order valence-electron chi connectivity index (χ1n) is 9.38. The van der Waals surface area contributed by atoms with Crippen LogP contribution < -0.4 is 14.5 Å². The number of rotatable bonds is 8. The molecule has 2 aromatic carbocycles. The van der Waals surface area contributed by atoms with Crippen LogP contribution in [-0.2, 0) is 21.2 Å². The van der Waals surface area contributed by atoms with E-state index in [9.17, 15) is 13.2 Å². The summed E-state index contributed by atoms with van der Waals surface area (Å²) >= 11 is 18.1. The zero-order valence-corrected chi connectivity index (χ0v) is 19.5. The number of carbonyl (C=O) groups is 1. The van der Waals surface area contributed by atoms with Gasteiger partial charge in [-0.3, -0.25) is 9.10 Å². The Labute approximate surface area is 191 Å². The third-order valence-corrected chi connectivity index (χ3v) is 7.01. The minimum absolute atomic E-state index is 0.0929. The lowest BCUT2D eigenvalue weighted by molar-refractivity contribution is -0.119. The number of para-hydroxylation sites is 1. The number of amides is 1. The van der Waals surface area contributed by atoms with Gasteiger partial charge in [0.05, 0.1) is 27.0 Å². The topological polar surface area (TPSA) is 69.7 Å². The van der Waals surface area contributed by atoms with E-state index in [-0.39, 0.29) is 20.8 Å². The van der Waals surface area contributed by atoms with E-state index in [1.165, 1.54) is 23.4 Å². The van der Waals surface area contributed by atoms with E-state index < -0.39 is 22.5 Å². The molecule has 30 heavy (non-hydrogen) atoms. The van der Waals surface area contributed by atoms with Gasteiger partial charge in [-0.2, -0.15) is 0 Å². The van der Waals surface area contributed by atoms with E-state index in [0.29, 0.717) is 6.54 Å². The van der Waals surface area contributed by atoms with Gasteiger partial charge in [0, 0.05) is 25.3 Å². The van der Waals surface area contributed by atoms with Crippen LogP contribution in [0.25, 0.3) is 0 Å². The van der Waals surface area contributed by atoms with Gasteiger partial charge in [-0.25, -0.2) is 8.42 Å². The molecular weight excluding hydrogens is 469 g/mol. The Hall–Kier alpha value is -1.67. The summed E-state index contributed by atoms with van der Waals surface area (Å²) in [5, 5.41) is 3.22. The van der Waals surface area contributed by atoms with Crippen molar-refractivity contribution in [2.75, 3.05) is 41.6 Å². The molecule has 1 aliphatic heterocycles. The second-order valence-electron chi connectivity index (χ2n) is 7.06. The number of fused-ring (bicyclic) bond motifs is 1. The number of nitrogens with zero attached hydrogens (tertiary/aromatic N) is 2. The number of sulfonamides is 1. The maximum atomic E-state index is 12.4. The molecular formula is C20H22Cl3N3O3S. The number of nitrogens with one attached hydrogen (secondary N) is 1. The van der Waals surface area contributed by atoms with Crippen LogP contribution in [0.4, 0.5) is 11.4 Å². The molecule has 6 nitrogen and oxygen atoms in total. The maximum Gasteiger partial charge on any atom is 0.240 e. The van der Waals surface area contributed by atoms with Crippen LogP contribution >= 0.6 is 34.8 Å². The molecule has 0 spiro atoms. The molecule has 1 amide bonds. The first-order chi connectivity index (χ1) is 14.2. The molecule has 0 saturated heterocycles. The summed E-state index contributed by atoms with van der Waals surface area (Å²) in [5.74, 6) is -0.426. The molecule has 3 rings (SSSR count). The Bertz CT molecular complexity index is 1050. The van der Waals surface area contributed by atoms with Gasteiger partial charge in [0.25, 0.3) is 0 Å². The van der Waals surface area contributed by atoms with Crippen LogP contribution in [0.2, 0.25) is 15.1 Å². The lowest BCUT2D eigenvalue weighted by Gasteiger charge is -2.23. The maximum absolute atomic E-state index is 12.4. The van der Waals surface area contributed by atoms with Gasteiger partial charge >= 0.3 is 0 Å². The fourth-order valence-electron chi connectivity index (χ4n) is 3.41. The Morgan fingerprint density at radius 2 is 1.83 bits per heavy atom. The second kappa shape index (κ2) is 9.64. The molecule has 1 heterocycles. The number of hydrogen-bond donors (Lipinski definition) is 1. The minimum atomic E-state index is -3.76. The quantitative estimate of drug-likeness (QED) is 0.449. The fourth-order valence-corrected chi connectivity index (χ4v) is 4.96. The van der Waals surface area contributed by atoms with E-state index in [1.807, 2.05) is 12.1 Å². The standard InChI is InChI=1S/C20H22Cl3N3O3S/c1-30(28,29)26(19-12-16(22)15(21)11-17(19)23)13-20(27)24-8-4-9-25-10-7-14-5-2-3-6-18(14)25/h2-3,5-6,11-12H,4,7-10,13H2,1H3,(H,24,27). The van der Waals surface area contributed by atoms with Crippen LogP contribution in [0, 0.1) is 0 Å². The van der Waals surface area contributed by atoms with Gasteiger partial charge < -0.3 is 10.2 Å². The summed E-state index contributed by atoms with van der Waals surface area (Å²) in [6.45, 7) is 1.81. The monoisotopic (exact) mass is 489 g/mol. The Morgan fingerprint density at radius 1 is 1.13 bits per heavy atom. The minimum Gasteiger partial charge on any atom is -0.371 e. The molecule has 162 valence electrons. The van der Waals surface area contributed by atoms with Gasteiger partial charge in [0.1, 0.15) is 6.54 Å². The first kappa shape index (κ1) is 23.0. The summed E-state index contributed by atoms with van der Waals surface area (Å²) in [5.41, 5.74) is 2.68. The predicted octanol–water partition coefficient (Wildman–Crippen LogP) is 3.98. The van der Waals surface area contributed by atoms with Crippen molar-refractivity contribution in [2.45, 2.75) is 12.8 Å². The van der Waals surface area contributed by atoms with E-state index in [1.54, 1.807) is 0 Å². The molecule has 0 aromatic heterocycles. The van der Waals surface area contributed by atoms with Gasteiger partial charge in [-0.1, -0.05) is 53.0 Å². The first-order valence-corrected chi connectivity index (χ1v) is 12.4. The molecule has 0 aliphatic carbocycles. The van der Waals surface area contributed by atoms with Gasteiger partial charge in [0.2, 0.25) is 15.9 Å². The molecule has 0 bridgehead atoms. The Balaban J connectivity index is 1.56. The Kier molecular flexibility index (Phi) is 7.39. The van der Waals surface area contributed by atoms with Crippen LogP contribution in [-0.4, -0.2) is 46.8 Å². The number of anilines is 2. The highest BCUT2D eigenvalue weighted by atomic mass is 35.5. The van der Waals surface area contributed by atoms with Gasteiger partial charge in [0.15, 0.2) is 0 Å². The average molecular weight is 491 g/mol. The highest BCUT2D eigenvalue weighted by Crippen LogP contribution is 2.35. The molecule has 0 radical (unpaired) electrons. The fraction of sp³-hybridized carbons (Fsp3) is 0.350. The van der Waals surface area contributed by atoms with Gasteiger partial charge in [-0.15, -0.1) is 0 Å². The predicted molar refractivity (Wildman–Crippen MR) is 124 cm³/mol. The zero-order valence-electron chi connectivity index (χ0n) is 16.4. The molecule has 1 N–H and O–H groups in total. The molecule has 10 heteroatoms. The van der Waals surface area contributed by atoms with Crippen molar-refractivity contribution in [3.8, 4) is 0 Å². The van der Waals surface area contributed by atoms with Crippen molar-refractivity contribution in [1.82, 2.24) is 5.32 Å². The number of hydrogen-bond acceptors (Lipinski definition) is 4. The third kappa shape index (κ3) is 5.52. The normalized spacial score (nSPS) is 13.3. The van der Waals surface area contributed by atoms with Gasteiger partial charge in [-0.05, 0) is 36.6 Å². The van der Waals surface area contributed by atoms with E-state index in [0.717, 1.165) is 36.5 Å². The zero-order chi connectivity index (χ0) is 21.9. The molecule has 0 saturated carbocycles. The highest BCUT2D eigenvalue weighted by Gasteiger charge is 2.24. The van der Waals surface area contributed by atoms with Crippen LogP contribution in [0.1, 0.15) is 12.0 Å². The second-order valence-corrected chi connectivity index (χ2v) is 10.2. The third-order valence-electron chi connectivity index (χ3n) is 4.86. The van der Waals surface area contributed by atoms with Crippen LogP contribution in [0.15, 0.2) is 36.4 Å². The highest BCUT2D eigenvalue weighted by molar-refractivity contribution is 7.92. The van der Waals surface area contributed by atoms with Crippen molar-refractivity contribution in [2.24, 2.45) is 0 Å². The number of halogens is 3. The molecule has 0 fully saturated rings. The van der Waals surface area contributed by atoms with E-state index >= 15 is 0 Å².